The molecule has 0 saturated heterocycles. The fourth-order valence-electron chi connectivity index (χ4n) is 0.909. The third-order valence-electron chi connectivity index (χ3n) is 1.42. The Morgan fingerprint density at radius 3 is 2.29 bits per heavy atom. The Hall–Kier alpha value is -1.57. The van der Waals surface area contributed by atoms with E-state index in [1.807, 2.05) is 44.2 Å². The number of rotatable bonds is 2. The Labute approximate surface area is 85.9 Å². The number of benzene rings is 1. The van der Waals surface area contributed by atoms with Gasteiger partial charge >= 0.3 is 0 Å². The van der Waals surface area contributed by atoms with Crippen molar-refractivity contribution in [2.45, 2.75) is 13.8 Å². The molecule has 0 spiro atoms. The van der Waals surface area contributed by atoms with Gasteiger partial charge in [-0.1, -0.05) is 38.6 Å². The predicted octanol–water partition coefficient (Wildman–Crippen LogP) is 3.25. The van der Waals surface area contributed by atoms with Crippen LogP contribution in [0.15, 0.2) is 48.1 Å². The Bertz CT molecular complexity index is 278. The van der Waals surface area contributed by atoms with Crippen LogP contribution in [-0.2, 0) is 4.74 Å². The summed E-state index contributed by atoms with van der Waals surface area (Å²) < 4.78 is 5.06. The Morgan fingerprint density at radius 1 is 1.29 bits per heavy atom. The fraction of sp³-hybridized carbons (Fsp3) is 0.250. The van der Waals surface area contributed by atoms with E-state index in [1.165, 1.54) is 6.20 Å². The third kappa shape index (κ3) is 3.90. The summed E-state index contributed by atoms with van der Waals surface area (Å²) in [7, 11) is 1.59. The van der Waals surface area contributed by atoms with Crippen molar-refractivity contribution >= 4 is 5.90 Å². The summed E-state index contributed by atoms with van der Waals surface area (Å²) in [5.41, 5.74) is 0.958. The molecule has 76 valence electrons. The van der Waals surface area contributed by atoms with Crippen LogP contribution in [0.3, 0.4) is 0 Å². The first-order chi connectivity index (χ1) is 6.88. The second-order valence-electron chi connectivity index (χ2n) is 2.19. The number of nitrogens with zero attached hydrogens (tertiary/aromatic N) is 1. The molecule has 0 aliphatic carbocycles. The average molecular weight is 191 g/mol. The third-order valence-corrected chi connectivity index (χ3v) is 1.42. The maximum absolute atomic E-state index is 5.06. The second-order valence-corrected chi connectivity index (χ2v) is 2.19. The van der Waals surface area contributed by atoms with Crippen molar-refractivity contribution in [1.82, 2.24) is 0 Å². The maximum atomic E-state index is 5.06. The Balaban J connectivity index is 0.000000791. The molecule has 0 aromatic heterocycles. The number of hydrogen-bond donors (Lipinski definition) is 0. The monoisotopic (exact) mass is 191 g/mol. The van der Waals surface area contributed by atoms with E-state index in [-0.39, 0.29) is 0 Å². The molecular weight excluding hydrogens is 174 g/mol. The van der Waals surface area contributed by atoms with E-state index in [1.54, 1.807) is 7.11 Å². The van der Waals surface area contributed by atoms with Gasteiger partial charge in [-0.3, -0.25) is 0 Å². The molecule has 0 saturated carbocycles. The minimum Gasteiger partial charge on any atom is -0.481 e. The van der Waals surface area contributed by atoms with E-state index < -0.39 is 0 Å². The van der Waals surface area contributed by atoms with E-state index >= 15 is 0 Å². The van der Waals surface area contributed by atoms with Crippen LogP contribution in [0, 0.1) is 0 Å². The number of aliphatic imine (C=N–C) groups is 1. The summed E-state index contributed by atoms with van der Waals surface area (Å²) in [4.78, 5) is 3.97. The van der Waals surface area contributed by atoms with Gasteiger partial charge in [0.15, 0.2) is 0 Å². The first kappa shape index (κ1) is 12.4. The Kier molecular flexibility index (Phi) is 7.15. The van der Waals surface area contributed by atoms with E-state index in [4.69, 9.17) is 4.74 Å². The van der Waals surface area contributed by atoms with Crippen LogP contribution in [0.2, 0.25) is 0 Å². The van der Waals surface area contributed by atoms with Crippen LogP contribution in [0.5, 0.6) is 0 Å². The molecule has 1 rings (SSSR count). The molecule has 0 aliphatic heterocycles. The van der Waals surface area contributed by atoms with Crippen molar-refractivity contribution in [3.8, 4) is 0 Å². The fourth-order valence-corrected chi connectivity index (χ4v) is 0.909. The summed E-state index contributed by atoms with van der Waals surface area (Å²) >= 11 is 0. The molecule has 0 amide bonds. The second kappa shape index (κ2) is 8.05. The van der Waals surface area contributed by atoms with Crippen LogP contribution in [0.25, 0.3) is 0 Å². The summed E-state index contributed by atoms with van der Waals surface area (Å²) in [6.45, 7) is 7.51. The van der Waals surface area contributed by atoms with Crippen LogP contribution in [-0.4, -0.2) is 13.0 Å². The van der Waals surface area contributed by atoms with Gasteiger partial charge in [-0.2, -0.15) is 0 Å². The maximum Gasteiger partial charge on any atom is 0.220 e. The lowest BCUT2D eigenvalue weighted by Gasteiger charge is -2.02. The van der Waals surface area contributed by atoms with Crippen LogP contribution in [0.1, 0.15) is 19.4 Å². The highest BCUT2D eigenvalue weighted by molar-refractivity contribution is 5.94. The van der Waals surface area contributed by atoms with Gasteiger partial charge in [-0.15, -0.1) is 0 Å². The normalized spacial score (nSPS) is 9.79. The zero-order chi connectivity index (χ0) is 10.8. The lowest BCUT2D eigenvalue weighted by atomic mass is 10.2. The summed E-state index contributed by atoms with van der Waals surface area (Å²) in [6, 6.07) is 9.70. The molecule has 1 aromatic carbocycles. The molecule has 0 N–H and O–H groups in total. The largest absolute Gasteiger partial charge is 0.481 e. The van der Waals surface area contributed by atoms with Gasteiger partial charge < -0.3 is 4.74 Å². The minimum atomic E-state index is 0.589. The molecule has 0 radical (unpaired) electrons. The SMILES string of the molecule is C=CN=C(OC)c1ccccc1.CC. The summed E-state index contributed by atoms with van der Waals surface area (Å²) in [6.07, 6.45) is 1.46. The minimum absolute atomic E-state index is 0.589. The number of ether oxygens (including phenoxy) is 1. The highest BCUT2D eigenvalue weighted by Crippen LogP contribution is 2.01. The van der Waals surface area contributed by atoms with E-state index in [9.17, 15) is 0 Å². The quantitative estimate of drug-likeness (QED) is 0.519. The summed E-state index contributed by atoms with van der Waals surface area (Å²) in [5, 5.41) is 0. The van der Waals surface area contributed by atoms with Gasteiger partial charge in [-0.05, 0) is 12.1 Å². The molecule has 0 bridgehead atoms. The summed E-state index contributed by atoms with van der Waals surface area (Å²) in [5.74, 6) is 0.589. The molecule has 0 unspecified atom stereocenters. The molecular formula is C12H17NO. The van der Waals surface area contributed by atoms with Gasteiger partial charge in [0.05, 0.1) is 7.11 Å². The topological polar surface area (TPSA) is 21.6 Å². The average Bonchev–Trinajstić information content (AvgIpc) is 2.30. The van der Waals surface area contributed by atoms with Crippen molar-refractivity contribution < 1.29 is 4.74 Å². The van der Waals surface area contributed by atoms with Crippen LogP contribution < -0.4 is 0 Å². The smallest absolute Gasteiger partial charge is 0.220 e. The van der Waals surface area contributed by atoms with Crippen LogP contribution >= 0.6 is 0 Å². The van der Waals surface area contributed by atoms with Crippen molar-refractivity contribution in [1.29, 1.82) is 0 Å². The Morgan fingerprint density at radius 2 is 1.86 bits per heavy atom. The molecule has 0 aliphatic rings. The van der Waals surface area contributed by atoms with Crippen molar-refractivity contribution in [3.63, 3.8) is 0 Å². The number of hydrogen-bond acceptors (Lipinski definition) is 2. The molecule has 0 heterocycles. The van der Waals surface area contributed by atoms with E-state index in [0.717, 1.165) is 5.56 Å². The van der Waals surface area contributed by atoms with Gasteiger partial charge in [0.2, 0.25) is 5.90 Å². The first-order valence-corrected chi connectivity index (χ1v) is 4.66. The lowest BCUT2D eigenvalue weighted by Crippen LogP contribution is -2.01. The molecule has 0 fully saturated rings. The van der Waals surface area contributed by atoms with Crippen molar-refractivity contribution in [2.24, 2.45) is 4.99 Å². The number of methoxy groups -OCH3 is 1. The van der Waals surface area contributed by atoms with Crippen molar-refractivity contribution in [3.05, 3.63) is 48.7 Å². The first-order valence-electron chi connectivity index (χ1n) is 4.66. The zero-order valence-electron chi connectivity index (χ0n) is 9.03. The molecule has 2 nitrogen and oxygen atoms in total. The standard InChI is InChI=1S/C10H11NO.C2H6/c1-3-11-10(12-2)9-7-5-4-6-8-9;1-2/h3-8H,1H2,2H3;1-2H3. The van der Waals surface area contributed by atoms with Crippen molar-refractivity contribution in [2.75, 3.05) is 7.11 Å². The predicted molar refractivity (Wildman–Crippen MR) is 61.5 cm³/mol. The molecule has 1 aromatic rings. The lowest BCUT2D eigenvalue weighted by molar-refractivity contribution is 0.405. The highest BCUT2D eigenvalue weighted by Gasteiger charge is 1.98. The molecule has 14 heavy (non-hydrogen) atoms. The van der Waals surface area contributed by atoms with Gasteiger partial charge in [0, 0.05) is 11.8 Å². The van der Waals surface area contributed by atoms with E-state index in [0.29, 0.717) is 5.90 Å². The molecule has 2 heteroatoms. The highest BCUT2D eigenvalue weighted by atomic mass is 16.5. The van der Waals surface area contributed by atoms with Gasteiger partial charge in [0.25, 0.3) is 0 Å². The van der Waals surface area contributed by atoms with Crippen LogP contribution in [0.4, 0.5) is 0 Å². The zero-order valence-corrected chi connectivity index (χ0v) is 9.03. The van der Waals surface area contributed by atoms with E-state index in [2.05, 4.69) is 11.6 Å². The molecule has 0 atom stereocenters. The van der Waals surface area contributed by atoms with Gasteiger partial charge in [0.1, 0.15) is 0 Å². The van der Waals surface area contributed by atoms with Gasteiger partial charge in [-0.25, -0.2) is 4.99 Å².